The minimum absolute atomic E-state index is 0.0805. The summed E-state index contributed by atoms with van der Waals surface area (Å²) in [5.74, 6) is -3.59. The summed E-state index contributed by atoms with van der Waals surface area (Å²) in [6.07, 6.45) is 0. The van der Waals surface area contributed by atoms with Gasteiger partial charge in [0.15, 0.2) is 5.54 Å². The molecule has 132 valence electrons. The number of amides is 1. The number of carbonyl (C=O) groups excluding carboxylic acids is 2. The fourth-order valence-electron chi connectivity index (χ4n) is 4.04. The third-order valence-electron chi connectivity index (χ3n) is 4.92. The van der Waals surface area contributed by atoms with Crippen LogP contribution in [0.25, 0.3) is 0 Å². The summed E-state index contributed by atoms with van der Waals surface area (Å²) in [6.45, 7) is 1.73. The molecule has 2 aliphatic rings. The van der Waals surface area contributed by atoms with Crippen molar-refractivity contribution < 1.29 is 24.2 Å². The number of nitrogens with zero attached hydrogens (tertiary/aromatic N) is 1. The largest absolute Gasteiger partial charge is 0.481 e. The van der Waals surface area contributed by atoms with Crippen molar-refractivity contribution in [3.8, 4) is 0 Å². The Bertz CT molecular complexity index is 972. The minimum Gasteiger partial charge on any atom is -0.481 e. The summed E-state index contributed by atoms with van der Waals surface area (Å²) in [5.41, 5.74) is -0.236. The summed E-state index contributed by atoms with van der Waals surface area (Å²) >= 11 is 3.34. The number of hydrogen-bond acceptors (Lipinski definition) is 4. The Morgan fingerprint density at radius 3 is 2.69 bits per heavy atom. The van der Waals surface area contributed by atoms with Gasteiger partial charge in [0.05, 0.1) is 6.61 Å². The van der Waals surface area contributed by atoms with E-state index in [2.05, 4.69) is 15.9 Å². The topological polar surface area (TPSA) is 83.9 Å². The standard InChI is InChI=1S/C19H14BrNO5/c1-2-26-18(25)19-13-6-4-3-5-11(13)16(22)21(19)14-8-7-10(20)9-12(14)15(19)17(23)24/h3-9,15H,2H2,1H3,(H,23,24). The maximum Gasteiger partial charge on any atom is 0.338 e. The molecule has 0 fully saturated rings. The zero-order valence-electron chi connectivity index (χ0n) is 13.7. The van der Waals surface area contributed by atoms with Crippen LogP contribution in [-0.4, -0.2) is 29.6 Å². The Morgan fingerprint density at radius 1 is 1.27 bits per heavy atom. The summed E-state index contributed by atoms with van der Waals surface area (Å²) in [7, 11) is 0. The van der Waals surface area contributed by atoms with Crippen molar-refractivity contribution in [1.82, 2.24) is 0 Å². The van der Waals surface area contributed by atoms with E-state index in [0.717, 1.165) is 0 Å². The average Bonchev–Trinajstić information content (AvgIpc) is 3.05. The van der Waals surface area contributed by atoms with Crippen LogP contribution in [0, 0.1) is 0 Å². The Hall–Kier alpha value is -2.67. The van der Waals surface area contributed by atoms with E-state index in [-0.39, 0.29) is 6.61 Å². The van der Waals surface area contributed by atoms with E-state index in [4.69, 9.17) is 4.74 Å². The summed E-state index contributed by atoms with van der Waals surface area (Å²) < 4.78 is 5.94. The molecule has 0 radical (unpaired) electrons. The highest BCUT2D eigenvalue weighted by Gasteiger charge is 2.68. The number of anilines is 1. The first-order valence-electron chi connectivity index (χ1n) is 8.08. The number of ether oxygens (including phenoxy) is 1. The second-order valence-corrected chi connectivity index (χ2v) is 7.06. The lowest BCUT2D eigenvalue weighted by molar-refractivity contribution is -0.155. The van der Waals surface area contributed by atoms with Crippen LogP contribution in [0.2, 0.25) is 0 Å². The normalized spacial score (nSPS) is 22.6. The third kappa shape index (κ3) is 1.89. The first-order valence-corrected chi connectivity index (χ1v) is 8.87. The van der Waals surface area contributed by atoms with Crippen LogP contribution in [0.15, 0.2) is 46.9 Å². The van der Waals surface area contributed by atoms with Gasteiger partial charge in [0.1, 0.15) is 5.92 Å². The minimum atomic E-state index is -1.74. The predicted octanol–water partition coefficient (Wildman–Crippen LogP) is 3.05. The molecule has 1 amide bonds. The SMILES string of the molecule is CCOC(=O)C12c3ccccc3C(=O)N1c1ccc(Br)cc1C2C(=O)O. The highest BCUT2D eigenvalue weighted by molar-refractivity contribution is 9.10. The molecule has 6 nitrogen and oxygen atoms in total. The van der Waals surface area contributed by atoms with E-state index in [0.29, 0.717) is 26.9 Å². The smallest absolute Gasteiger partial charge is 0.338 e. The van der Waals surface area contributed by atoms with E-state index < -0.39 is 29.3 Å². The molecule has 2 atom stereocenters. The van der Waals surface area contributed by atoms with Crippen molar-refractivity contribution in [2.45, 2.75) is 18.4 Å². The van der Waals surface area contributed by atoms with Gasteiger partial charge in [-0.05, 0) is 36.8 Å². The number of esters is 1. The van der Waals surface area contributed by atoms with Gasteiger partial charge in [-0.2, -0.15) is 0 Å². The molecule has 1 N–H and O–H groups in total. The molecule has 0 saturated carbocycles. The Morgan fingerprint density at radius 2 is 2.00 bits per heavy atom. The molecule has 0 saturated heterocycles. The van der Waals surface area contributed by atoms with Crippen LogP contribution in [0.3, 0.4) is 0 Å². The van der Waals surface area contributed by atoms with Crippen LogP contribution < -0.4 is 4.90 Å². The number of carboxylic acids is 1. The molecule has 0 aliphatic carbocycles. The van der Waals surface area contributed by atoms with Crippen molar-refractivity contribution in [3.05, 3.63) is 63.6 Å². The van der Waals surface area contributed by atoms with Gasteiger partial charge >= 0.3 is 11.9 Å². The van der Waals surface area contributed by atoms with Crippen LogP contribution in [0.4, 0.5) is 5.69 Å². The van der Waals surface area contributed by atoms with Gasteiger partial charge in [-0.25, -0.2) is 4.79 Å². The molecule has 2 aromatic carbocycles. The Labute approximate surface area is 157 Å². The number of halogens is 1. The molecule has 2 aliphatic heterocycles. The van der Waals surface area contributed by atoms with E-state index in [1.807, 2.05) is 0 Å². The first-order chi connectivity index (χ1) is 12.4. The monoisotopic (exact) mass is 415 g/mol. The first kappa shape index (κ1) is 16.8. The predicted molar refractivity (Wildman–Crippen MR) is 96.1 cm³/mol. The van der Waals surface area contributed by atoms with Crippen molar-refractivity contribution in [2.75, 3.05) is 11.5 Å². The Balaban J connectivity index is 2.10. The van der Waals surface area contributed by atoms with Gasteiger partial charge < -0.3 is 9.84 Å². The average molecular weight is 416 g/mol. The van der Waals surface area contributed by atoms with Gasteiger partial charge in [-0.15, -0.1) is 0 Å². The molecule has 26 heavy (non-hydrogen) atoms. The van der Waals surface area contributed by atoms with Crippen molar-refractivity contribution >= 4 is 39.5 Å². The van der Waals surface area contributed by atoms with Gasteiger partial charge in [0, 0.05) is 21.3 Å². The van der Waals surface area contributed by atoms with Gasteiger partial charge in [-0.1, -0.05) is 34.1 Å². The maximum atomic E-state index is 13.1. The summed E-state index contributed by atoms with van der Waals surface area (Å²) in [6, 6.07) is 11.6. The van der Waals surface area contributed by atoms with Crippen molar-refractivity contribution in [1.29, 1.82) is 0 Å². The van der Waals surface area contributed by atoms with E-state index in [1.165, 1.54) is 4.90 Å². The van der Waals surface area contributed by atoms with E-state index >= 15 is 0 Å². The molecule has 2 heterocycles. The molecular weight excluding hydrogens is 402 g/mol. The summed E-state index contributed by atoms with van der Waals surface area (Å²) in [4.78, 5) is 39.8. The number of fused-ring (bicyclic) bond motifs is 5. The lowest BCUT2D eigenvalue weighted by atomic mass is 9.77. The molecule has 0 aromatic heterocycles. The molecule has 0 spiro atoms. The number of aliphatic carboxylic acids is 1. The number of carbonyl (C=O) groups is 3. The number of hydrogen-bond donors (Lipinski definition) is 1. The molecular formula is C19H14BrNO5. The van der Waals surface area contributed by atoms with Crippen molar-refractivity contribution in [2.24, 2.45) is 0 Å². The zero-order valence-corrected chi connectivity index (χ0v) is 15.3. The second-order valence-electron chi connectivity index (χ2n) is 6.15. The molecule has 2 unspecified atom stereocenters. The van der Waals surface area contributed by atoms with E-state index in [1.54, 1.807) is 49.4 Å². The van der Waals surface area contributed by atoms with Crippen LogP contribution >= 0.6 is 15.9 Å². The lowest BCUT2D eigenvalue weighted by Crippen LogP contribution is -2.52. The van der Waals surface area contributed by atoms with Crippen LogP contribution in [-0.2, 0) is 19.9 Å². The molecule has 4 rings (SSSR count). The maximum absolute atomic E-state index is 13.1. The Kier molecular flexibility index (Phi) is 3.66. The van der Waals surface area contributed by atoms with Crippen molar-refractivity contribution in [3.63, 3.8) is 0 Å². The molecule has 2 aromatic rings. The van der Waals surface area contributed by atoms with Crippen LogP contribution in [0.1, 0.15) is 34.3 Å². The highest BCUT2D eigenvalue weighted by atomic mass is 79.9. The molecule has 0 bridgehead atoms. The summed E-state index contributed by atoms with van der Waals surface area (Å²) in [5, 5.41) is 10.0. The fraction of sp³-hybridized carbons (Fsp3) is 0.211. The van der Waals surface area contributed by atoms with Crippen LogP contribution in [0.5, 0.6) is 0 Å². The number of rotatable bonds is 3. The highest BCUT2D eigenvalue weighted by Crippen LogP contribution is 2.58. The number of benzene rings is 2. The third-order valence-corrected chi connectivity index (χ3v) is 5.41. The zero-order chi connectivity index (χ0) is 18.6. The van der Waals surface area contributed by atoms with Gasteiger partial charge in [0.2, 0.25) is 0 Å². The number of carboxylic acid groups (broad SMARTS) is 1. The molecule has 7 heteroatoms. The van der Waals surface area contributed by atoms with E-state index in [9.17, 15) is 19.5 Å². The fourth-order valence-corrected chi connectivity index (χ4v) is 4.42. The lowest BCUT2D eigenvalue weighted by Gasteiger charge is -2.33. The quantitative estimate of drug-likeness (QED) is 0.778. The van der Waals surface area contributed by atoms with Gasteiger partial charge in [0.25, 0.3) is 5.91 Å². The second kappa shape index (κ2) is 5.67. The van der Waals surface area contributed by atoms with Gasteiger partial charge in [-0.3, -0.25) is 14.5 Å².